The van der Waals surface area contributed by atoms with E-state index >= 15 is 0 Å². The third-order valence-corrected chi connectivity index (χ3v) is 11.6. The molecular weight excluding hydrogens is 340 g/mol. The molecular formula is C20H32N4OSi. The van der Waals surface area contributed by atoms with Gasteiger partial charge in [0, 0.05) is 30.8 Å². The zero-order chi connectivity index (χ0) is 18.7. The van der Waals surface area contributed by atoms with Crippen LogP contribution in [0.5, 0.6) is 0 Å². The van der Waals surface area contributed by atoms with Gasteiger partial charge >= 0.3 is 0 Å². The maximum absolute atomic E-state index is 9.40. The Morgan fingerprint density at radius 1 is 1.27 bits per heavy atom. The second-order valence-corrected chi connectivity index (χ2v) is 12.8. The number of nitrogen functional groups attached to an aromatic ring is 1. The molecule has 142 valence electrons. The molecule has 1 aromatic rings. The number of nitriles is 1. The topological polar surface area (TPSA) is 84.0 Å². The lowest BCUT2D eigenvalue weighted by Crippen LogP contribution is -2.43. The predicted molar refractivity (Wildman–Crippen MR) is 108 cm³/mol. The van der Waals surface area contributed by atoms with Crippen molar-refractivity contribution in [2.24, 2.45) is 17.8 Å². The second kappa shape index (κ2) is 7.97. The van der Waals surface area contributed by atoms with Crippen LogP contribution in [0.15, 0.2) is 12.3 Å². The van der Waals surface area contributed by atoms with E-state index in [0.717, 1.165) is 18.2 Å². The van der Waals surface area contributed by atoms with Gasteiger partial charge in [-0.05, 0) is 49.2 Å². The number of nitrogens with zero attached hydrogens (tertiary/aromatic N) is 2. The SMILES string of the molecule is CC[Si](CC)(CC)OCC1C2CCC(C2)C1Nc1cc(N)ncc1C#N. The van der Waals surface area contributed by atoms with Crippen LogP contribution in [0, 0.1) is 29.1 Å². The average molecular weight is 373 g/mol. The van der Waals surface area contributed by atoms with Crippen molar-refractivity contribution in [3.8, 4) is 6.07 Å². The number of nitrogens with two attached hydrogens (primary N) is 1. The van der Waals surface area contributed by atoms with E-state index in [2.05, 4.69) is 37.1 Å². The number of fused-ring (bicyclic) bond motifs is 2. The van der Waals surface area contributed by atoms with Gasteiger partial charge in [0.2, 0.25) is 0 Å². The van der Waals surface area contributed by atoms with Crippen LogP contribution < -0.4 is 11.1 Å². The maximum atomic E-state index is 9.40. The Labute approximate surface area is 158 Å². The molecule has 0 radical (unpaired) electrons. The van der Waals surface area contributed by atoms with Crippen LogP contribution in [0.25, 0.3) is 0 Å². The summed E-state index contributed by atoms with van der Waals surface area (Å²) in [5.41, 5.74) is 7.25. The average Bonchev–Trinajstić information content (AvgIpc) is 3.26. The fourth-order valence-corrected chi connectivity index (χ4v) is 7.72. The molecule has 0 aliphatic heterocycles. The molecule has 6 heteroatoms. The lowest BCUT2D eigenvalue weighted by atomic mass is 9.85. The molecule has 2 saturated carbocycles. The van der Waals surface area contributed by atoms with Crippen LogP contribution in [0.1, 0.15) is 45.6 Å². The molecule has 0 saturated heterocycles. The van der Waals surface area contributed by atoms with Gasteiger partial charge < -0.3 is 15.5 Å². The van der Waals surface area contributed by atoms with Gasteiger partial charge in [-0.25, -0.2) is 4.98 Å². The van der Waals surface area contributed by atoms with E-state index in [-0.39, 0.29) is 0 Å². The van der Waals surface area contributed by atoms with Gasteiger partial charge in [0.1, 0.15) is 11.9 Å². The number of hydrogen-bond acceptors (Lipinski definition) is 5. The number of aromatic nitrogens is 1. The third-order valence-electron chi connectivity index (χ3n) is 6.97. The standard InChI is InChI=1S/C20H32N4OSi/c1-4-26(5-2,6-3)25-13-17-14-7-8-15(9-14)20(17)24-18-10-19(22)23-12-16(18)11-21/h10,12,14-15,17,20H,4-9,13H2,1-3H3,(H3,22,23,24). The summed E-state index contributed by atoms with van der Waals surface area (Å²) in [6, 6.07) is 7.99. The Morgan fingerprint density at radius 3 is 2.62 bits per heavy atom. The molecule has 0 amide bonds. The first-order valence-electron chi connectivity index (χ1n) is 10.1. The number of rotatable bonds is 8. The summed E-state index contributed by atoms with van der Waals surface area (Å²) in [5, 5.41) is 13.1. The number of pyridine rings is 1. The highest BCUT2D eigenvalue weighted by atomic mass is 28.4. The number of hydrogen-bond donors (Lipinski definition) is 2. The number of nitrogens with one attached hydrogen (secondary N) is 1. The zero-order valence-corrected chi connectivity index (χ0v) is 17.3. The van der Waals surface area contributed by atoms with Gasteiger partial charge in [0.05, 0.1) is 11.3 Å². The van der Waals surface area contributed by atoms with Gasteiger partial charge in [-0.2, -0.15) is 5.26 Å². The fourth-order valence-electron chi connectivity index (χ4n) is 5.06. The molecule has 2 bridgehead atoms. The van der Waals surface area contributed by atoms with Crippen molar-refractivity contribution in [2.45, 2.75) is 64.2 Å². The molecule has 3 N–H and O–H groups in total. The van der Waals surface area contributed by atoms with Gasteiger partial charge in [-0.3, -0.25) is 0 Å². The highest BCUT2D eigenvalue weighted by Crippen LogP contribution is 2.50. The minimum atomic E-state index is -1.57. The van der Waals surface area contributed by atoms with E-state index in [9.17, 15) is 5.26 Å². The Morgan fingerprint density at radius 2 is 1.96 bits per heavy atom. The summed E-state index contributed by atoms with van der Waals surface area (Å²) in [6.45, 7) is 7.72. The van der Waals surface area contributed by atoms with Crippen molar-refractivity contribution in [1.82, 2.24) is 4.98 Å². The summed E-state index contributed by atoms with van der Waals surface area (Å²) in [7, 11) is -1.57. The molecule has 0 aromatic carbocycles. The summed E-state index contributed by atoms with van der Waals surface area (Å²) in [6.07, 6.45) is 5.45. The van der Waals surface area contributed by atoms with Gasteiger partial charge in [0.15, 0.2) is 8.32 Å². The van der Waals surface area contributed by atoms with E-state index in [4.69, 9.17) is 10.2 Å². The molecule has 0 spiro atoms. The second-order valence-electron chi connectivity index (χ2n) is 7.99. The lowest BCUT2D eigenvalue weighted by molar-refractivity contribution is 0.174. The van der Waals surface area contributed by atoms with E-state index in [1.165, 1.54) is 37.4 Å². The van der Waals surface area contributed by atoms with E-state index in [1.54, 1.807) is 12.3 Å². The van der Waals surface area contributed by atoms with Crippen LogP contribution in [0.3, 0.4) is 0 Å². The molecule has 2 aliphatic carbocycles. The molecule has 1 aromatic heterocycles. The van der Waals surface area contributed by atoms with Crippen molar-refractivity contribution in [3.63, 3.8) is 0 Å². The Hall–Kier alpha value is -1.58. The molecule has 2 aliphatic rings. The van der Waals surface area contributed by atoms with Crippen molar-refractivity contribution >= 4 is 19.8 Å². The quantitative estimate of drug-likeness (QED) is 0.661. The number of anilines is 2. The van der Waals surface area contributed by atoms with Crippen molar-refractivity contribution in [1.29, 1.82) is 5.26 Å². The van der Waals surface area contributed by atoms with E-state index in [0.29, 0.717) is 29.3 Å². The largest absolute Gasteiger partial charge is 0.416 e. The zero-order valence-electron chi connectivity index (χ0n) is 16.3. The molecule has 5 nitrogen and oxygen atoms in total. The van der Waals surface area contributed by atoms with Gasteiger partial charge in [-0.1, -0.05) is 20.8 Å². The van der Waals surface area contributed by atoms with Gasteiger partial charge in [0.25, 0.3) is 0 Å². The van der Waals surface area contributed by atoms with Gasteiger partial charge in [-0.15, -0.1) is 0 Å². The van der Waals surface area contributed by atoms with E-state index < -0.39 is 8.32 Å². The highest BCUT2D eigenvalue weighted by Gasteiger charge is 2.48. The van der Waals surface area contributed by atoms with Crippen molar-refractivity contribution in [3.05, 3.63) is 17.8 Å². The first kappa shape index (κ1) is 19.2. The summed E-state index contributed by atoms with van der Waals surface area (Å²) < 4.78 is 6.66. The Kier molecular flexibility index (Phi) is 5.88. The minimum Gasteiger partial charge on any atom is -0.416 e. The summed E-state index contributed by atoms with van der Waals surface area (Å²) in [5.74, 6) is 2.41. The third kappa shape index (κ3) is 3.60. The molecule has 4 unspecified atom stereocenters. The maximum Gasteiger partial charge on any atom is 0.191 e. The normalized spacial score (nSPS) is 27.5. The van der Waals surface area contributed by atoms with Crippen molar-refractivity contribution < 1.29 is 4.43 Å². The monoisotopic (exact) mass is 372 g/mol. The Bertz CT molecular complexity index is 662. The van der Waals surface area contributed by atoms with Crippen LogP contribution >= 0.6 is 0 Å². The van der Waals surface area contributed by atoms with Crippen LogP contribution in [0.2, 0.25) is 18.1 Å². The van der Waals surface area contributed by atoms with Crippen LogP contribution in [-0.4, -0.2) is 26.0 Å². The van der Waals surface area contributed by atoms with E-state index in [1.807, 2.05) is 0 Å². The Balaban J connectivity index is 1.76. The first-order valence-corrected chi connectivity index (χ1v) is 12.6. The molecule has 3 rings (SSSR count). The first-order chi connectivity index (χ1) is 12.6. The van der Waals surface area contributed by atoms with Crippen LogP contribution in [0.4, 0.5) is 11.5 Å². The highest BCUT2D eigenvalue weighted by molar-refractivity contribution is 6.73. The molecule has 1 heterocycles. The molecule has 4 atom stereocenters. The van der Waals surface area contributed by atoms with Crippen LogP contribution in [-0.2, 0) is 4.43 Å². The molecule has 2 fully saturated rings. The molecule has 26 heavy (non-hydrogen) atoms. The lowest BCUT2D eigenvalue weighted by Gasteiger charge is -2.36. The summed E-state index contributed by atoms with van der Waals surface area (Å²) in [4.78, 5) is 4.05. The predicted octanol–water partition coefficient (Wildman–Crippen LogP) is 4.38. The summed E-state index contributed by atoms with van der Waals surface area (Å²) >= 11 is 0. The smallest absolute Gasteiger partial charge is 0.191 e. The fraction of sp³-hybridized carbons (Fsp3) is 0.700. The van der Waals surface area contributed by atoms with Crippen molar-refractivity contribution in [2.75, 3.05) is 17.7 Å². The minimum absolute atomic E-state index is 0.375.